The number of fused-ring (bicyclic) bond motifs is 4. The molecule has 0 radical (unpaired) electrons. The van der Waals surface area contributed by atoms with Crippen LogP contribution in [0.4, 0.5) is 5.69 Å². The van der Waals surface area contributed by atoms with Crippen molar-refractivity contribution in [2.75, 3.05) is 30.3 Å². The first-order chi connectivity index (χ1) is 21.2. The fourth-order valence-electron chi connectivity index (χ4n) is 7.23. The van der Waals surface area contributed by atoms with Gasteiger partial charge in [0.25, 0.3) is 5.91 Å². The summed E-state index contributed by atoms with van der Waals surface area (Å²) in [6.07, 6.45) is 6.94. The molecule has 1 fully saturated rings. The summed E-state index contributed by atoms with van der Waals surface area (Å²) < 4.78 is 28.9. The SMILES string of the molecule is C[C@@H]1C/[SH](=O)=N\C(=O)c2ccc3c(c2)N(C[C@@H]2CC[C@H]2[C@@H](O)/C=C/[C@@H]1OC(=O)C=N)C[C@@]1(CCCc2cc(Cl)ccc21)CO3. The molecule has 44 heavy (non-hydrogen) atoms. The number of aliphatic hydroxyl groups excluding tert-OH is 1. The van der Waals surface area contributed by atoms with E-state index in [1.807, 2.05) is 6.07 Å². The van der Waals surface area contributed by atoms with Crippen molar-refractivity contribution in [2.24, 2.45) is 22.1 Å². The topological polar surface area (TPSA) is 129 Å². The summed E-state index contributed by atoms with van der Waals surface area (Å²) in [4.78, 5) is 27.5. The highest BCUT2D eigenvalue weighted by Gasteiger charge is 2.44. The van der Waals surface area contributed by atoms with E-state index >= 15 is 0 Å². The maximum Gasteiger partial charge on any atom is 0.349 e. The molecule has 6 rings (SSSR count). The van der Waals surface area contributed by atoms with Gasteiger partial charge in [0.15, 0.2) is 0 Å². The summed E-state index contributed by atoms with van der Waals surface area (Å²) >= 11 is 6.38. The number of thiol groups is 1. The molecule has 1 spiro atoms. The molecule has 1 amide bonds. The zero-order valence-electron chi connectivity index (χ0n) is 24.7. The fraction of sp³-hybridized carbons (Fsp3) is 0.485. The number of amides is 1. The van der Waals surface area contributed by atoms with Gasteiger partial charge in [-0.1, -0.05) is 30.7 Å². The number of rotatable bonds is 2. The number of anilines is 1. The molecule has 7 atom stereocenters. The number of aliphatic hydroxyl groups is 1. The molecular formula is C33H38ClN3O6S. The lowest BCUT2D eigenvalue weighted by molar-refractivity contribution is -0.139. The minimum atomic E-state index is -2.31. The minimum Gasteiger partial charge on any atom is -0.490 e. The molecule has 2 aliphatic heterocycles. The van der Waals surface area contributed by atoms with Crippen LogP contribution in [-0.2, 0) is 32.0 Å². The Labute approximate surface area is 264 Å². The third-order valence-corrected chi connectivity index (χ3v) is 11.3. The van der Waals surface area contributed by atoms with Gasteiger partial charge in [0, 0.05) is 51.4 Å². The summed E-state index contributed by atoms with van der Waals surface area (Å²) in [6.45, 7) is 3.56. The predicted molar refractivity (Wildman–Crippen MR) is 171 cm³/mol. The van der Waals surface area contributed by atoms with E-state index in [9.17, 15) is 18.9 Å². The highest BCUT2D eigenvalue weighted by Crippen LogP contribution is 2.46. The van der Waals surface area contributed by atoms with Crippen LogP contribution >= 0.6 is 11.6 Å². The van der Waals surface area contributed by atoms with E-state index in [1.165, 1.54) is 11.1 Å². The largest absolute Gasteiger partial charge is 0.490 e. The number of benzene rings is 2. The van der Waals surface area contributed by atoms with Gasteiger partial charge in [0.1, 0.15) is 18.1 Å². The quantitative estimate of drug-likeness (QED) is 0.187. The lowest BCUT2D eigenvalue weighted by atomic mass is 9.68. The molecule has 2 aliphatic carbocycles. The second kappa shape index (κ2) is 12.7. The van der Waals surface area contributed by atoms with Gasteiger partial charge in [-0.2, -0.15) is 4.36 Å². The smallest absolute Gasteiger partial charge is 0.349 e. The lowest BCUT2D eigenvalue weighted by Crippen LogP contribution is -2.49. The van der Waals surface area contributed by atoms with Crippen molar-refractivity contribution in [2.45, 2.75) is 56.7 Å². The number of esters is 1. The van der Waals surface area contributed by atoms with E-state index in [2.05, 4.69) is 21.4 Å². The minimum absolute atomic E-state index is 0.00433. The Hall–Kier alpha value is -3.21. The second-order valence-electron chi connectivity index (χ2n) is 12.6. The van der Waals surface area contributed by atoms with E-state index in [-0.39, 0.29) is 23.0 Å². The number of halogens is 1. The average molecular weight is 640 g/mol. The van der Waals surface area contributed by atoms with E-state index < -0.39 is 40.6 Å². The number of carbonyl (C=O) groups is 2. The van der Waals surface area contributed by atoms with Crippen LogP contribution in [0.25, 0.3) is 0 Å². The Morgan fingerprint density at radius 3 is 2.86 bits per heavy atom. The van der Waals surface area contributed by atoms with Crippen molar-refractivity contribution >= 4 is 46.0 Å². The van der Waals surface area contributed by atoms with Crippen LogP contribution in [0.15, 0.2) is 52.9 Å². The van der Waals surface area contributed by atoms with Crippen molar-refractivity contribution in [3.63, 3.8) is 0 Å². The molecule has 1 unspecified atom stereocenters. The van der Waals surface area contributed by atoms with Gasteiger partial charge >= 0.3 is 5.97 Å². The molecule has 0 saturated heterocycles. The standard InChI is InChI=1S/C33H38ClN3O6S/c1-20-17-44(41)36-32(40)22-5-10-30-27(14-22)37(16-23-4-7-25(23)28(38)9-11-29(20)43-31(39)15-35)18-33(19-42-30)12-2-3-21-13-24(34)6-8-26(21)33/h5-6,8-11,13-15,20,23,25,28-29,35,38,44H,2-4,7,12,16-19H2,1H3/b11-9+,35-15?/t20-,23+,25-,28+,29+,33+/m1/s1. The third-order valence-electron chi connectivity index (χ3n) is 9.73. The molecule has 2 bridgehead atoms. The first-order valence-corrected chi connectivity index (χ1v) is 17.0. The van der Waals surface area contributed by atoms with Crippen molar-refractivity contribution < 1.29 is 28.4 Å². The molecule has 234 valence electrons. The van der Waals surface area contributed by atoms with E-state index in [1.54, 1.807) is 37.3 Å². The molecule has 0 aromatic heterocycles. The van der Waals surface area contributed by atoms with Crippen molar-refractivity contribution in [1.82, 2.24) is 0 Å². The van der Waals surface area contributed by atoms with E-state index in [0.717, 1.165) is 42.8 Å². The van der Waals surface area contributed by atoms with Crippen LogP contribution in [0, 0.1) is 23.2 Å². The van der Waals surface area contributed by atoms with Crippen molar-refractivity contribution in [3.8, 4) is 5.75 Å². The maximum absolute atomic E-state index is 13.3. The Morgan fingerprint density at radius 1 is 1.25 bits per heavy atom. The molecule has 9 nitrogen and oxygen atoms in total. The molecule has 2 aromatic rings. The zero-order valence-corrected chi connectivity index (χ0v) is 26.3. The van der Waals surface area contributed by atoms with Gasteiger partial charge in [0.2, 0.25) is 0 Å². The monoisotopic (exact) mass is 639 g/mol. The molecule has 2 aromatic carbocycles. The molecule has 11 heteroatoms. The number of ether oxygens (including phenoxy) is 2. The summed E-state index contributed by atoms with van der Waals surface area (Å²) in [7, 11) is -2.31. The van der Waals surface area contributed by atoms with Crippen LogP contribution in [0.3, 0.4) is 0 Å². The maximum atomic E-state index is 13.3. The van der Waals surface area contributed by atoms with E-state index in [4.69, 9.17) is 26.5 Å². The highest BCUT2D eigenvalue weighted by molar-refractivity contribution is 7.75. The Balaban J connectivity index is 1.40. The normalized spacial score (nSPS) is 32.9. The van der Waals surface area contributed by atoms with Crippen LogP contribution < -0.4 is 9.64 Å². The molecule has 4 aliphatic rings. The number of nitrogens with one attached hydrogen (secondary N) is 1. The summed E-state index contributed by atoms with van der Waals surface area (Å²) in [6, 6.07) is 11.4. The van der Waals surface area contributed by atoms with E-state index in [0.29, 0.717) is 37.2 Å². The van der Waals surface area contributed by atoms with Crippen LogP contribution in [0.5, 0.6) is 5.75 Å². The fourth-order valence-corrected chi connectivity index (χ4v) is 8.53. The number of hydrogen-bond donors (Lipinski definition) is 3. The number of nitrogens with zero attached hydrogens (tertiary/aromatic N) is 2. The van der Waals surface area contributed by atoms with Gasteiger partial charge in [-0.25, -0.2) is 4.79 Å². The summed E-state index contributed by atoms with van der Waals surface area (Å²) in [5, 5.41) is 19.2. The van der Waals surface area contributed by atoms with Gasteiger partial charge in [-0.15, -0.1) is 0 Å². The molecule has 2 N–H and O–H groups in total. The van der Waals surface area contributed by atoms with Gasteiger partial charge in [0.05, 0.1) is 18.4 Å². The Bertz CT molecular complexity index is 1590. The summed E-state index contributed by atoms with van der Waals surface area (Å²) in [5.41, 5.74) is 3.32. The number of aryl methyl sites for hydroxylation is 1. The third kappa shape index (κ3) is 6.17. The molecule has 1 saturated carbocycles. The first-order valence-electron chi connectivity index (χ1n) is 15.2. The van der Waals surface area contributed by atoms with Gasteiger partial charge in [-0.05, 0) is 91.5 Å². The Morgan fingerprint density at radius 2 is 2.09 bits per heavy atom. The first kappa shape index (κ1) is 30.8. The zero-order chi connectivity index (χ0) is 31.0. The molecule has 2 heterocycles. The van der Waals surface area contributed by atoms with Gasteiger partial charge < -0.3 is 24.9 Å². The average Bonchev–Trinajstić information content (AvgIpc) is 3.13. The number of hydrogen-bond acceptors (Lipinski definition) is 8. The van der Waals surface area contributed by atoms with Crippen LogP contribution in [-0.4, -0.2) is 65.1 Å². The van der Waals surface area contributed by atoms with Crippen LogP contribution in [0.1, 0.15) is 54.1 Å². The predicted octanol–water partition coefficient (Wildman–Crippen LogP) is 4.77. The van der Waals surface area contributed by atoms with Crippen LogP contribution in [0.2, 0.25) is 5.02 Å². The highest BCUT2D eigenvalue weighted by atomic mass is 35.5. The van der Waals surface area contributed by atoms with Crippen molar-refractivity contribution in [3.05, 3.63) is 70.3 Å². The number of carbonyl (C=O) groups excluding carboxylic acids is 2. The van der Waals surface area contributed by atoms with Crippen molar-refractivity contribution in [1.29, 1.82) is 5.41 Å². The lowest BCUT2D eigenvalue weighted by Gasteiger charge is -2.45. The summed E-state index contributed by atoms with van der Waals surface area (Å²) in [5.74, 6) is -1.03. The Kier molecular flexibility index (Phi) is 8.86. The second-order valence-corrected chi connectivity index (χ2v) is 14.3. The molecular weight excluding hydrogens is 602 g/mol. The van der Waals surface area contributed by atoms with Gasteiger partial charge in [-0.3, -0.25) is 9.00 Å².